The van der Waals surface area contributed by atoms with Crippen molar-refractivity contribution in [2.24, 2.45) is 0 Å². The SMILES string of the molecule is COc1ccc(CN2CCC3(CCOc4cc(-c5cccnc5)ccc4S(=O)(=O)N4C[C@H](O)C[C@H]4C(=O)N3)CC2)cc1. The molecule has 0 aliphatic carbocycles. The van der Waals surface area contributed by atoms with Crippen LogP contribution in [0, 0.1) is 0 Å². The largest absolute Gasteiger partial charge is 0.497 e. The number of sulfonamides is 1. The molecule has 0 unspecified atom stereocenters. The zero-order chi connectivity index (χ0) is 29.3. The Hall–Kier alpha value is -3.51. The molecule has 0 saturated carbocycles. The van der Waals surface area contributed by atoms with Crippen molar-refractivity contribution < 1.29 is 27.8 Å². The number of methoxy groups -OCH3 is 1. The molecule has 2 fully saturated rings. The van der Waals surface area contributed by atoms with Gasteiger partial charge in [-0.2, -0.15) is 4.31 Å². The first kappa shape index (κ1) is 28.6. The number of hydrogen-bond acceptors (Lipinski definition) is 8. The second-order valence-electron chi connectivity index (χ2n) is 11.4. The van der Waals surface area contributed by atoms with Gasteiger partial charge in [0.1, 0.15) is 22.4 Å². The molecular weight excluding hydrogens is 556 g/mol. The van der Waals surface area contributed by atoms with Gasteiger partial charge < -0.3 is 19.9 Å². The number of aliphatic hydroxyl groups excluding tert-OH is 1. The molecule has 4 heterocycles. The number of benzene rings is 2. The number of amides is 1. The number of rotatable bonds is 4. The van der Waals surface area contributed by atoms with Crippen LogP contribution in [0.3, 0.4) is 0 Å². The molecular formula is C31H36N4O6S. The monoisotopic (exact) mass is 592 g/mol. The van der Waals surface area contributed by atoms with E-state index in [2.05, 4.69) is 27.3 Å². The predicted molar refractivity (Wildman–Crippen MR) is 156 cm³/mol. The van der Waals surface area contributed by atoms with Crippen LogP contribution in [0.15, 0.2) is 71.9 Å². The van der Waals surface area contributed by atoms with Crippen LogP contribution in [0.25, 0.3) is 11.1 Å². The third kappa shape index (κ3) is 5.74. The van der Waals surface area contributed by atoms with Gasteiger partial charge in [0, 0.05) is 62.5 Å². The Balaban J connectivity index is 1.27. The number of nitrogens with one attached hydrogen (secondary N) is 1. The first-order valence-corrected chi connectivity index (χ1v) is 15.7. The number of carbonyl (C=O) groups is 1. The summed E-state index contributed by atoms with van der Waals surface area (Å²) in [6, 6.07) is 15.7. The van der Waals surface area contributed by atoms with Crippen molar-refractivity contribution in [3.63, 3.8) is 0 Å². The normalized spacial score (nSPS) is 24.1. The summed E-state index contributed by atoms with van der Waals surface area (Å²) in [6.07, 6.45) is 4.44. The lowest BCUT2D eigenvalue weighted by Crippen LogP contribution is -2.59. The molecule has 10 nitrogen and oxygen atoms in total. The first-order chi connectivity index (χ1) is 20.3. The highest BCUT2D eigenvalue weighted by molar-refractivity contribution is 7.89. The summed E-state index contributed by atoms with van der Waals surface area (Å²) >= 11 is 0. The smallest absolute Gasteiger partial charge is 0.247 e. The van der Waals surface area contributed by atoms with Crippen LogP contribution in [0.4, 0.5) is 0 Å². The number of ether oxygens (including phenoxy) is 2. The minimum absolute atomic E-state index is 0.00713. The van der Waals surface area contributed by atoms with Crippen molar-refractivity contribution in [3.8, 4) is 22.6 Å². The van der Waals surface area contributed by atoms with Crippen LogP contribution in [-0.4, -0.2) is 84.7 Å². The maximum Gasteiger partial charge on any atom is 0.247 e. The van der Waals surface area contributed by atoms with E-state index in [0.29, 0.717) is 19.3 Å². The molecule has 3 aliphatic rings. The highest BCUT2D eigenvalue weighted by Gasteiger charge is 2.47. The predicted octanol–water partition coefficient (Wildman–Crippen LogP) is 2.81. The Kier molecular flexibility index (Phi) is 7.93. The van der Waals surface area contributed by atoms with E-state index < -0.39 is 27.7 Å². The van der Waals surface area contributed by atoms with Crippen molar-refractivity contribution in [2.75, 3.05) is 33.4 Å². The summed E-state index contributed by atoms with van der Waals surface area (Å²) < 4.78 is 40.5. The lowest BCUT2D eigenvalue weighted by molar-refractivity contribution is -0.127. The summed E-state index contributed by atoms with van der Waals surface area (Å²) in [5.41, 5.74) is 2.24. The topological polar surface area (TPSA) is 121 Å². The van der Waals surface area contributed by atoms with Gasteiger partial charge in [-0.15, -0.1) is 0 Å². The third-order valence-electron chi connectivity index (χ3n) is 8.67. The summed E-state index contributed by atoms with van der Waals surface area (Å²) in [4.78, 5) is 20.2. The van der Waals surface area contributed by atoms with Crippen molar-refractivity contribution in [1.82, 2.24) is 19.5 Å². The molecule has 0 bridgehead atoms. The van der Waals surface area contributed by atoms with Crippen LogP contribution in [0.1, 0.15) is 31.2 Å². The second-order valence-corrected chi connectivity index (χ2v) is 13.2. The molecule has 2 saturated heterocycles. The van der Waals surface area contributed by atoms with Crippen LogP contribution >= 0.6 is 0 Å². The fraction of sp³-hybridized carbons (Fsp3) is 0.419. The number of nitrogens with zero attached hydrogens (tertiary/aromatic N) is 3. The van der Waals surface area contributed by atoms with Gasteiger partial charge in [0.05, 0.1) is 19.8 Å². The van der Waals surface area contributed by atoms with Gasteiger partial charge in [0.2, 0.25) is 15.9 Å². The fourth-order valence-electron chi connectivity index (χ4n) is 6.23. The maximum absolute atomic E-state index is 13.9. The average Bonchev–Trinajstić information content (AvgIpc) is 3.41. The van der Waals surface area contributed by atoms with Gasteiger partial charge >= 0.3 is 0 Å². The average molecular weight is 593 g/mol. The van der Waals surface area contributed by atoms with E-state index in [1.54, 1.807) is 31.6 Å². The van der Waals surface area contributed by atoms with Gasteiger partial charge in [-0.3, -0.25) is 14.7 Å². The maximum atomic E-state index is 13.9. The molecule has 2 N–H and O–H groups in total. The standard InChI is InChI=1S/C31H36N4O6S/c1-40-26-7-4-22(5-8-26)20-34-14-10-31(11-15-34)12-16-41-28-17-23(24-3-2-13-32-19-24)6-9-29(28)42(38,39)35-21-25(36)18-27(35)30(37)33-31/h2-9,13,17,19,25,27,36H,10-12,14-16,18,20-21H2,1H3,(H,33,37)/t25-,27+/m1/s1. The Morgan fingerprint density at radius 3 is 2.60 bits per heavy atom. The van der Waals surface area contributed by atoms with Crippen molar-refractivity contribution >= 4 is 15.9 Å². The van der Waals surface area contributed by atoms with Crippen LogP contribution < -0.4 is 14.8 Å². The van der Waals surface area contributed by atoms with Crippen molar-refractivity contribution in [1.29, 1.82) is 0 Å². The zero-order valence-corrected chi connectivity index (χ0v) is 24.4. The molecule has 1 spiro atoms. The third-order valence-corrected chi connectivity index (χ3v) is 10.6. The molecule has 0 radical (unpaired) electrons. The minimum Gasteiger partial charge on any atom is -0.497 e. The van der Waals surface area contributed by atoms with E-state index in [-0.39, 0.29) is 36.1 Å². The van der Waals surface area contributed by atoms with E-state index in [1.807, 2.05) is 24.3 Å². The van der Waals surface area contributed by atoms with Gasteiger partial charge in [-0.05, 0) is 54.3 Å². The Bertz CT molecular complexity index is 1520. The van der Waals surface area contributed by atoms with Crippen LogP contribution in [0.5, 0.6) is 11.5 Å². The molecule has 3 aliphatic heterocycles. The molecule has 42 heavy (non-hydrogen) atoms. The van der Waals surface area contributed by atoms with Crippen LogP contribution in [-0.2, 0) is 21.4 Å². The molecule has 2 aromatic carbocycles. The number of piperidine rings is 1. The number of aliphatic hydroxyl groups is 1. The Labute approximate surface area is 246 Å². The number of fused-ring (bicyclic) bond motifs is 2. The lowest BCUT2D eigenvalue weighted by atomic mass is 9.84. The fourth-order valence-corrected chi connectivity index (χ4v) is 7.98. The van der Waals surface area contributed by atoms with Gasteiger partial charge in [0.25, 0.3) is 0 Å². The van der Waals surface area contributed by atoms with Gasteiger partial charge in [-0.1, -0.05) is 24.3 Å². The van der Waals surface area contributed by atoms with Gasteiger partial charge in [0.15, 0.2) is 0 Å². The molecule has 3 aromatic rings. The lowest BCUT2D eigenvalue weighted by Gasteiger charge is -2.43. The number of likely N-dealkylation sites (tertiary alicyclic amines) is 1. The summed E-state index contributed by atoms with van der Waals surface area (Å²) in [6.45, 7) is 2.42. The zero-order valence-electron chi connectivity index (χ0n) is 23.6. The second kappa shape index (κ2) is 11.6. The quantitative estimate of drug-likeness (QED) is 0.475. The highest BCUT2D eigenvalue weighted by atomic mass is 32.2. The number of carbonyl (C=O) groups excluding carboxylic acids is 1. The Morgan fingerprint density at radius 1 is 1.10 bits per heavy atom. The van der Waals surface area contributed by atoms with Crippen molar-refractivity contribution in [2.45, 2.75) is 54.8 Å². The summed E-state index contributed by atoms with van der Waals surface area (Å²) in [5.74, 6) is 0.686. The number of hydrogen-bond donors (Lipinski definition) is 2. The summed E-state index contributed by atoms with van der Waals surface area (Å²) in [7, 11) is -2.49. The van der Waals surface area contributed by atoms with E-state index in [0.717, 1.165) is 40.8 Å². The Morgan fingerprint density at radius 2 is 1.88 bits per heavy atom. The van der Waals surface area contributed by atoms with Crippen molar-refractivity contribution in [3.05, 3.63) is 72.6 Å². The molecule has 6 rings (SSSR count). The number of aromatic nitrogens is 1. The van der Waals surface area contributed by atoms with E-state index in [1.165, 1.54) is 11.6 Å². The molecule has 2 atom stereocenters. The van der Waals surface area contributed by atoms with E-state index in [4.69, 9.17) is 9.47 Å². The van der Waals surface area contributed by atoms with E-state index >= 15 is 0 Å². The minimum atomic E-state index is -4.14. The highest BCUT2D eigenvalue weighted by Crippen LogP contribution is 2.37. The first-order valence-electron chi connectivity index (χ1n) is 14.3. The molecule has 1 amide bonds. The molecule has 222 valence electrons. The van der Waals surface area contributed by atoms with E-state index in [9.17, 15) is 18.3 Å². The molecule has 1 aromatic heterocycles. The van der Waals surface area contributed by atoms with Gasteiger partial charge in [-0.25, -0.2) is 8.42 Å². The molecule has 11 heteroatoms. The van der Waals surface area contributed by atoms with Crippen LogP contribution in [0.2, 0.25) is 0 Å². The number of pyridine rings is 1. The summed E-state index contributed by atoms with van der Waals surface area (Å²) in [5, 5.41) is 13.7.